The van der Waals surface area contributed by atoms with Gasteiger partial charge in [-0.3, -0.25) is 9.59 Å². The Labute approximate surface area is 216 Å². The molecule has 2 aliphatic carbocycles. The van der Waals surface area contributed by atoms with Crippen LogP contribution in [-0.4, -0.2) is 54.1 Å². The van der Waals surface area contributed by atoms with Crippen LogP contribution < -0.4 is 11.1 Å². The molecule has 0 bridgehead atoms. The van der Waals surface area contributed by atoms with Crippen LogP contribution in [0.15, 0.2) is 24.4 Å². The second-order valence-electron chi connectivity index (χ2n) is 11.4. The number of benzene rings is 1. The average molecular weight is 503 g/mol. The van der Waals surface area contributed by atoms with Crippen molar-refractivity contribution in [2.45, 2.75) is 83.5 Å². The molecule has 0 spiro atoms. The molecule has 3 aromatic rings. The number of carbonyl (C=O) groups is 2. The van der Waals surface area contributed by atoms with Crippen molar-refractivity contribution >= 4 is 23.3 Å². The van der Waals surface area contributed by atoms with Crippen molar-refractivity contribution in [3.8, 4) is 11.3 Å². The molecule has 37 heavy (non-hydrogen) atoms. The van der Waals surface area contributed by atoms with Crippen LogP contribution in [0.25, 0.3) is 16.9 Å². The van der Waals surface area contributed by atoms with Gasteiger partial charge in [0, 0.05) is 36.0 Å². The minimum Gasteiger partial charge on any atom is -0.390 e. The van der Waals surface area contributed by atoms with Gasteiger partial charge in [0.1, 0.15) is 5.56 Å². The number of nitrogens with zero attached hydrogens (tertiary/aromatic N) is 4. The van der Waals surface area contributed by atoms with Crippen LogP contribution in [0.3, 0.4) is 0 Å². The quantitative estimate of drug-likeness (QED) is 0.491. The lowest BCUT2D eigenvalue weighted by molar-refractivity contribution is 0.0140. The second-order valence-corrected chi connectivity index (χ2v) is 11.4. The number of aromatic nitrogens is 3. The predicted molar refractivity (Wildman–Crippen MR) is 140 cm³/mol. The Kier molecular flexibility index (Phi) is 5.52. The van der Waals surface area contributed by atoms with Gasteiger partial charge in [0.2, 0.25) is 0 Å². The van der Waals surface area contributed by atoms with E-state index < -0.39 is 5.60 Å². The largest absolute Gasteiger partial charge is 0.390 e. The van der Waals surface area contributed by atoms with E-state index in [9.17, 15) is 14.7 Å². The van der Waals surface area contributed by atoms with E-state index in [2.05, 4.69) is 17.3 Å². The summed E-state index contributed by atoms with van der Waals surface area (Å²) in [6, 6.07) is 6.12. The van der Waals surface area contributed by atoms with Crippen LogP contribution in [-0.2, 0) is 6.54 Å². The highest BCUT2D eigenvalue weighted by molar-refractivity contribution is 6.04. The van der Waals surface area contributed by atoms with E-state index in [4.69, 9.17) is 10.7 Å². The van der Waals surface area contributed by atoms with E-state index >= 15 is 0 Å². The fourth-order valence-corrected chi connectivity index (χ4v) is 5.97. The van der Waals surface area contributed by atoms with E-state index in [1.54, 1.807) is 6.20 Å². The molecule has 6 rings (SSSR count). The molecule has 1 aromatic carbocycles. The highest BCUT2D eigenvalue weighted by Gasteiger charge is 2.39. The maximum Gasteiger partial charge on any atom is 0.259 e. The number of aryl methyl sites for hydroxylation is 1. The Morgan fingerprint density at radius 1 is 1.24 bits per heavy atom. The molecular formula is C28H34N6O3. The first-order valence-corrected chi connectivity index (χ1v) is 13.2. The van der Waals surface area contributed by atoms with E-state index in [0.717, 1.165) is 22.3 Å². The highest BCUT2D eigenvalue weighted by atomic mass is 16.3. The Balaban J connectivity index is 1.30. The van der Waals surface area contributed by atoms with Gasteiger partial charge in [-0.15, -0.1) is 5.10 Å². The number of nitrogen functional groups attached to an aromatic ring is 1. The summed E-state index contributed by atoms with van der Waals surface area (Å²) in [5.41, 5.74) is 10.5. The van der Waals surface area contributed by atoms with Gasteiger partial charge in [0.25, 0.3) is 11.8 Å². The molecule has 4 N–H and O–H groups in total. The van der Waals surface area contributed by atoms with Crippen molar-refractivity contribution in [1.29, 1.82) is 0 Å². The smallest absolute Gasteiger partial charge is 0.259 e. The number of carbonyl (C=O) groups excluding carboxylic acids is 2. The van der Waals surface area contributed by atoms with E-state index in [1.807, 2.05) is 36.9 Å². The molecule has 2 fully saturated rings. The fourth-order valence-electron chi connectivity index (χ4n) is 5.97. The van der Waals surface area contributed by atoms with Gasteiger partial charge in [-0.1, -0.05) is 0 Å². The molecular weight excluding hydrogens is 468 g/mol. The van der Waals surface area contributed by atoms with Crippen LogP contribution >= 0.6 is 0 Å². The van der Waals surface area contributed by atoms with Gasteiger partial charge in [-0.2, -0.15) is 0 Å². The summed E-state index contributed by atoms with van der Waals surface area (Å²) in [5, 5.41) is 17.6. The Hall–Kier alpha value is -3.46. The molecule has 9 heteroatoms. The number of nitrogens with two attached hydrogens (primary N) is 1. The Morgan fingerprint density at radius 3 is 2.68 bits per heavy atom. The summed E-state index contributed by atoms with van der Waals surface area (Å²) >= 11 is 0. The Morgan fingerprint density at radius 2 is 1.97 bits per heavy atom. The van der Waals surface area contributed by atoms with E-state index in [-0.39, 0.29) is 35.3 Å². The van der Waals surface area contributed by atoms with E-state index in [0.29, 0.717) is 49.5 Å². The number of rotatable bonds is 5. The SMILES string of the molecule is Cc1cc(-c2ccn3nc(N)c(C(=O)N[C@H]4CC[C@](C)(O)CC4)c3n2)cc2c1C(=O)N([C@@H](C)C1CC1)C2. The zero-order valence-corrected chi connectivity index (χ0v) is 21.6. The third kappa shape index (κ3) is 4.25. The topological polar surface area (TPSA) is 126 Å². The molecule has 1 aliphatic heterocycles. The summed E-state index contributed by atoms with van der Waals surface area (Å²) in [5.74, 6) is 0.559. The van der Waals surface area contributed by atoms with Crippen LogP contribution in [0.4, 0.5) is 5.82 Å². The predicted octanol–water partition coefficient (Wildman–Crippen LogP) is 3.46. The van der Waals surface area contributed by atoms with Crippen molar-refractivity contribution in [3.05, 3.63) is 46.6 Å². The third-order valence-electron chi connectivity index (χ3n) is 8.46. The number of amides is 2. The lowest BCUT2D eigenvalue weighted by atomic mass is 9.83. The van der Waals surface area contributed by atoms with E-state index in [1.165, 1.54) is 17.4 Å². The molecule has 9 nitrogen and oxygen atoms in total. The lowest BCUT2D eigenvalue weighted by Gasteiger charge is -2.33. The summed E-state index contributed by atoms with van der Waals surface area (Å²) in [6.45, 7) is 6.58. The van der Waals surface area contributed by atoms with Gasteiger partial charge in [0.15, 0.2) is 11.5 Å². The molecule has 194 valence electrons. The lowest BCUT2D eigenvalue weighted by Crippen LogP contribution is -2.42. The molecule has 3 heterocycles. The molecule has 0 saturated heterocycles. The minimum absolute atomic E-state index is 0.0249. The number of anilines is 1. The van der Waals surface area contributed by atoms with Gasteiger partial charge < -0.3 is 21.1 Å². The summed E-state index contributed by atoms with van der Waals surface area (Å²) in [4.78, 5) is 33.2. The molecule has 0 radical (unpaired) electrons. The molecule has 0 unspecified atom stereocenters. The van der Waals surface area contributed by atoms with Gasteiger partial charge >= 0.3 is 0 Å². The van der Waals surface area contributed by atoms with Gasteiger partial charge in [0.05, 0.1) is 11.3 Å². The number of fused-ring (bicyclic) bond motifs is 2. The summed E-state index contributed by atoms with van der Waals surface area (Å²) in [7, 11) is 0. The molecule has 2 amide bonds. The van der Waals surface area contributed by atoms with Crippen LogP contribution in [0, 0.1) is 12.8 Å². The maximum atomic E-state index is 13.2. The first-order chi connectivity index (χ1) is 17.6. The zero-order chi connectivity index (χ0) is 26.1. The monoisotopic (exact) mass is 502 g/mol. The second kappa shape index (κ2) is 8.55. The molecule has 2 saturated carbocycles. The van der Waals surface area contributed by atoms with Crippen molar-refractivity contribution in [1.82, 2.24) is 24.8 Å². The van der Waals surface area contributed by atoms with Crippen LogP contribution in [0.1, 0.15) is 84.2 Å². The Bertz CT molecular complexity index is 1410. The van der Waals surface area contributed by atoms with Crippen molar-refractivity contribution in [2.75, 3.05) is 5.73 Å². The third-order valence-corrected chi connectivity index (χ3v) is 8.46. The number of hydrogen-bond donors (Lipinski definition) is 3. The van der Waals surface area contributed by atoms with Crippen LogP contribution in [0.2, 0.25) is 0 Å². The van der Waals surface area contributed by atoms with Crippen LogP contribution in [0.5, 0.6) is 0 Å². The zero-order valence-electron chi connectivity index (χ0n) is 21.6. The highest BCUT2D eigenvalue weighted by Crippen LogP contribution is 2.40. The summed E-state index contributed by atoms with van der Waals surface area (Å²) < 4.78 is 1.53. The normalized spacial score (nSPS) is 24.4. The first-order valence-electron chi connectivity index (χ1n) is 13.2. The standard InChI is InChI=1S/C28H34N6O3/c1-15-12-18(13-19-14-33(27(36)22(15)19)16(2)17-4-5-17)21-8-11-34-25(31-21)23(24(29)32-34)26(35)30-20-6-9-28(3,37)10-7-20/h8,11-13,16-17,20,37H,4-7,9-10,14H2,1-3H3,(H2,29,32)(H,30,35)/t16-,20-,28-/m0/s1. The molecule has 1 atom stereocenters. The van der Waals surface area contributed by atoms with Crippen molar-refractivity contribution in [2.24, 2.45) is 5.92 Å². The average Bonchev–Trinajstić information content (AvgIpc) is 3.57. The van der Waals surface area contributed by atoms with Crippen molar-refractivity contribution in [3.63, 3.8) is 0 Å². The van der Waals surface area contributed by atoms with Gasteiger partial charge in [-0.05, 0) is 94.5 Å². The van der Waals surface area contributed by atoms with Crippen molar-refractivity contribution < 1.29 is 14.7 Å². The molecule has 3 aliphatic rings. The maximum absolute atomic E-state index is 13.2. The number of hydrogen-bond acceptors (Lipinski definition) is 6. The number of aliphatic hydroxyl groups is 1. The first kappa shape index (κ1) is 23.9. The fraction of sp³-hybridized carbons (Fsp3) is 0.500. The summed E-state index contributed by atoms with van der Waals surface area (Å²) in [6.07, 6.45) is 6.85. The number of nitrogens with one attached hydrogen (secondary N) is 1. The van der Waals surface area contributed by atoms with Gasteiger partial charge in [-0.25, -0.2) is 9.50 Å². The molecule has 2 aromatic heterocycles. The minimum atomic E-state index is -0.674.